The molecule has 0 saturated heterocycles. The lowest BCUT2D eigenvalue weighted by Gasteiger charge is -2.06. The van der Waals surface area contributed by atoms with E-state index in [0.29, 0.717) is 0 Å². The van der Waals surface area contributed by atoms with E-state index in [9.17, 15) is 0 Å². The van der Waals surface area contributed by atoms with Crippen LogP contribution in [0.15, 0.2) is 0 Å². The van der Waals surface area contributed by atoms with E-state index in [1.807, 2.05) is 11.8 Å². The Bertz CT molecular complexity index is 66.3. The summed E-state index contributed by atoms with van der Waals surface area (Å²) in [6.45, 7) is 5.39. The molecule has 0 bridgehead atoms. The Labute approximate surface area is 68.8 Å². The highest BCUT2D eigenvalue weighted by molar-refractivity contribution is 7.99. The second-order valence-corrected chi connectivity index (χ2v) is 3.88. The molecule has 0 aliphatic rings. The minimum atomic E-state index is 0.841. The van der Waals surface area contributed by atoms with Crippen molar-refractivity contribution >= 4 is 11.8 Å². The molecule has 62 valence electrons. The van der Waals surface area contributed by atoms with Crippen molar-refractivity contribution in [3.05, 3.63) is 0 Å². The SMILES string of the molecule is CCC(C)CSCCCN. The number of thioether (sulfide) groups is 1. The van der Waals surface area contributed by atoms with Gasteiger partial charge in [-0.2, -0.15) is 11.8 Å². The van der Waals surface area contributed by atoms with Crippen LogP contribution in [0, 0.1) is 5.92 Å². The van der Waals surface area contributed by atoms with E-state index in [2.05, 4.69) is 13.8 Å². The molecule has 0 radical (unpaired) electrons. The molecule has 1 atom stereocenters. The molecule has 0 spiro atoms. The van der Waals surface area contributed by atoms with Crippen LogP contribution in [-0.4, -0.2) is 18.1 Å². The quantitative estimate of drug-likeness (QED) is 0.604. The van der Waals surface area contributed by atoms with Crippen LogP contribution < -0.4 is 5.73 Å². The first-order valence-electron chi connectivity index (χ1n) is 4.09. The summed E-state index contributed by atoms with van der Waals surface area (Å²) < 4.78 is 0. The van der Waals surface area contributed by atoms with Crippen LogP contribution in [0.1, 0.15) is 26.7 Å². The Kier molecular flexibility index (Phi) is 7.65. The highest BCUT2D eigenvalue weighted by Gasteiger charge is 1.96. The van der Waals surface area contributed by atoms with E-state index in [4.69, 9.17) is 5.73 Å². The molecule has 2 N–H and O–H groups in total. The number of rotatable bonds is 6. The van der Waals surface area contributed by atoms with E-state index in [1.54, 1.807) is 0 Å². The molecule has 0 aliphatic carbocycles. The zero-order valence-corrected chi connectivity index (χ0v) is 7.91. The fraction of sp³-hybridized carbons (Fsp3) is 1.00. The molecular weight excluding hydrogens is 142 g/mol. The van der Waals surface area contributed by atoms with Crippen molar-refractivity contribution in [3.63, 3.8) is 0 Å². The molecule has 0 aromatic carbocycles. The first-order chi connectivity index (χ1) is 4.81. The van der Waals surface area contributed by atoms with Gasteiger partial charge in [-0.15, -0.1) is 0 Å². The average Bonchev–Trinajstić information content (AvgIpc) is 1.98. The van der Waals surface area contributed by atoms with Crippen LogP contribution >= 0.6 is 11.8 Å². The highest BCUT2D eigenvalue weighted by Crippen LogP contribution is 2.11. The molecule has 2 heteroatoms. The lowest BCUT2D eigenvalue weighted by Crippen LogP contribution is -2.01. The van der Waals surface area contributed by atoms with E-state index < -0.39 is 0 Å². The number of hydrogen-bond donors (Lipinski definition) is 1. The van der Waals surface area contributed by atoms with Crippen LogP contribution in [0.2, 0.25) is 0 Å². The smallest absolute Gasteiger partial charge is 0.00419 e. The van der Waals surface area contributed by atoms with E-state index in [-0.39, 0.29) is 0 Å². The summed E-state index contributed by atoms with van der Waals surface area (Å²) in [5.41, 5.74) is 5.36. The van der Waals surface area contributed by atoms with Crippen molar-refractivity contribution in [2.24, 2.45) is 11.7 Å². The van der Waals surface area contributed by atoms with Gasteiger partial charge in [-0.3, -0.25) is 0 Å². The molecule has 0 aliphatic heterocycles. The Balaban J connectivity index is 2.89. The van der Waals surface area contributed by atoms with Gasteiger partial charge in [0.2, 0.25) is 0 Å². The maximum Gasteiger partial charge on any atom is -0.00419 e. The van der Waals surface area contributed by atoms with Crippen LogP contribution in [0.25, 0.3) is 0 Å². The summed E-state index contributed by atoms with van der Waals surface area (Å²) in [5.74, 6) is 3.42. The highest BCUT2D eigenvalue weighted by atomic mass is 32.2. The molecular formula is C8H19NS. The fourth-order valence-electron chi connectivity index (χ4n) is 0.588. The summed E-state index contributed by atoms with van der Waals surface area (Å²) in [6.07, 6.45) is 2.47. The molecule has 1 unspecified atom stereocenters. The van der Waals surface area contributed by atoms with Gasteiger partial charge in [0.05, 0.1) is 0 Å². The topological polar surface area (TPSA) is 26.0 Å². The van der Waals surface area contributed by atoms with E-state index in [0.717, 1.165) is 12.5 Å². The summed E-state index contributed by atoms with van der Waals surface area (Å²) >= 11 is 2.03. The van der Waals surface area contributed by atoms with Gasteiger partial charge in [-0.1, -0.05) is 20.3 Å². The monoisotopic (exact) mass is 161 g/mol. The lowest BCUT2D eigenvalue weighted by atomic mass is 10.2. The second kappa shape index (κ2) is 7.42. The summed E-state index contributed by atoms with van der Waals surface area (Å²) in [6, 6.07) is 0. The van der Waals surface area contributed by atoms with Gasteiger partial charge >= 0.3 is 0 Å². The van der Waals surface area contributed by atoms with Crippen LogP contribution in [0.5, 0.6) is 0 Å². The van der Waals surface area contributed by atoms with Gasteiger partial charge in [-0.25, -0.2) is 0 Å². The largest absolute Gasteiger partial charge is 0.330 e. The average molecular weight is 161 g/mol. The van der Waals surface area contributed by atoms with Gasteiger partial charge in [0.15, 0.2) is 0 Å². The summed E-state index contributed by atoms with van der Waals surface area (Å²) in [4.78, 5) is 0. The lowest BCUT2D eigenvalue weighted by molar-refractivity contribution is 0.636. The summed E-state index contributed by atoms with van der Waals surface area (Å²) in [7, 11) is 0. The number of hydrogen-bond acceptors (Lipinski definition) is 2. The molecule has 0 rings (SSSR count). The van der Waals surface area contributed by atoms with Crippen molar-refractivity contribution in [1.82, 2.24) is 0 Å². The zero-order chi connectivity index (χ0) is 7.82. The summed E-state index contributed by atoms with van der Waals surface area (Å²) in [5, 5.41) is 0. The van der Waals surface area contributed by atoms with Crippen LogP contribution in [0.4, 0.5) is 0 Å². The Morgan fingerprint density at radius 3 is 2.70 bits per heavy atom. The van der Waals surface area contributed by atoms with Gasteiger partial charge in [-0.05, 0) is 30.4 Å². The van der Waals surface area contributed by atoms with Crippen molar-refractivity contribution in [1.29, 1.82) is 0 Å². The third-order valence-electron chi connectivity index (χ3n) is 1.59. The molecule has 0 aromatic heterocycles. The molecule has 10 heavy (non-hydrogen) atoms. The van der Waals surface area contributed by atoms with Crippen LogP contribution in [-0.2, 0) is 0 Å². The molecule has 1 nitrogen and oxygen atoms in total. The van der Waals surface area contributed by atoms with Crippen molar-refractivity contribution in [3.8, 4) is 0 Å². The van der Waals surface area contributed by atoms with E-state index >= 15 is 0 Å². The van der Waals surface area contributed by atoms with Gasteiger partial charge < -0.3 is 5.73 Å². The van der Waals surface area contributed by atoms with Crippen molar-refractivity contribution in [2.75, 3.05) is 18.1 Å². The maximum atomic E-state index is 5.36. The standard InChI is InChI=1S/C8H19NS/c1-3-8(2)7-10-6-4-5-9/h8H,3-7,9H2,1-2H3. The first kappa shape index (κ1) is 10.3. The zero-order valence-electron chi connectivity index (χ0n) is 7.10. The van der Waals surface area contributed by atoms with Crippen molar-refractivity contribution < 1.29 is 0 Å². The molecule has 0 aromatic rings. The number of nitrogens with two attached hydrogens (primary N) is 1. The third-order valence-corrected chi connectivity index (χ3v) is 2.97. The second-order valence-electron chi connectivity index (χ2n) is 2.73. The predicted octanol–water partition coefficient (Wildman–Crippen LogP) is 2.11. The van der Waals surface area contributed by atoms with E-state index in [1.165, 1.54) is 24.3 Å². The van der Waals surface area contributed by atoms with Crippen LogP contribution in [0.3, 0.4) is 0 Å². The first-order valence-corrected chi connectivity index (χ1v) is 5.24. The minimum absolute atomic E-state index is 0.841. The third kappa shape index (κ3) is 6.43. The van der Waals surface area contributed by atoms with Crippen molar-refractivity contribution in [2.45, 2.75) is 26.7 Å². The minimum Gasteiger partial charge on any atom is -0.330 e. The Morgan fingerprint density at radius 2 is 2.20 bits per heavy atom. The predicted molar refractivity (Wildman–Crippen MR) is 50.5 cm³/mol. The molecule has 0 fully saturated rings. The normalized spacial score (nSPS) is 13.5. The van der Waals surface area contributed by atoms with Gasteiger partial charge in [0, 0.05) is 0 Å². The Morgan fingerprint density at radius 1 is 1.50 bits per heavy atom. The molecule has 0 heterocycles. The fourth-order valence-corrected chi connectivity index (χ4v) is 1.76. The molecule has 0 amide bonds. The van der Waals surface area contributed by atoms with Gasteiger partial charge in [0.1, 0.15) is 0 Å². The molecule has 0 saturated carbocycles. The van der Waals surface area contributed by atoms with Gasteiger partial charge in [0.25, 0.3) is 0 Å². The maximum absolute atomic E-state index is 5.36. The Hall–Kier alpha value is 0.310.